The van der Waals surface area contributed by atoms with E-state index in [4.69, 9.17) is 5.73 Å². The predicted octanol–water partition coefficient (Wildman–Crippen LogP) is 1.97. The van der Waals surface area contributed by atoms with Crippen molar-refractivity contribution in [2.45, 2.75) is 45.2 Å². The summed E-state index contributed by atoms with van der Waals surface area (Å²) in [5.74, 6) is -0.0223. The number of amides is 1. The van der Waals surface area contributed by atoms with Gasteiger partial charge in [0.25, 0.3) is 0 Å². The fourth-order valence-electron chi connectivity index (χ4n) is 2.02. The van der Waals surface area contributed by atoms with E-state index in [1.54, 1.807) is 0 Å². The van der Waals surface area contributed by atoms with E-state index in [-0.39, 0.29) is 11.9 Å². The molecule has 0 bridgehead atoms. The fourth-order valence-corrected chi connectivity index (χ4v) is 2.02. The summed E-state index contributed by atoms with van der Waals surface area (Å²) in [6.45, 7) is 6.17. The molecular weight excluding hydrogens is 212 g/mol. The first-order valence-electron chi connectivity index (χ1n) is 6.10. The van der Waals surface area contributed by atoms with Crippen LogP contribution < -0.4 is 11.1 Å². The van der Waals surface area contributed by atoms with Gasteiger partial charge in [-0.1, -0.05) is 18.2 Å². The highest BCUT2D eigenvalue weighted by Crippen LogP contribution is 2.33. The Morgan fingerprint density at radius 2 is 2.06 bits per heavy atom. The van der Waals surface area contributed by atoms with Crippen LogP contribution in [0, 0.1) is 13.8 Å². The van der Waals surface area contributed by atoms with Crippen molar-refractivity contribution in [3.05, 3.63) is 34.9 Å². The Hall–Kier alpha value is -1.35. The molecule has 1 atom stereocenters. The monoisotopic (exact) mass is 232 g/mol. The Morgan fingerprint density at radius 3 is 2.65 bits per heavy atom. The minimum absolute atomic E-state index is 0.0171. The van der Waals surface area contributed by atoms with Crippen molar-refractivity contribution in [2.24, 2.45) is 5.73 Å². The normalized spacial score (nSPS) is 18.6. The summed E-state index contributed by atoms with van der Waals surface area (Å²) >= 11 is 0. The average Bonchev–Trinajstić information content (AvgIpc) is 3.02. The molecule has 3 N–H and O–H groups in total. The lowest BCUT2D eigenvalue weighted by Crippen LogP contribution is -2.43. The molecule has 1 saturated carbocycles. The van der Waals surface area contributed by atoms with Gasteiger partial charge in [-0.3, -0.25) is 4.79 Å². The van der Waals surface area contributed by atoms with Crippen molar-refractivity contribution in [3.8, 4) is 0 Å². The molecule has 1 aliphatic carbocycles. The van der Waals surface area contributed by atoms with Gasteiger partial charge in [-0.2, -0.15) is 0 Å². The molecule has 2 rings (SSSR count). The van der Waals surface area contributed by atoms with E-state index in [1.165, 1.54) is 16.7 Å². The Labute approximate surface area is 102 Å². The van der Waals surface area contributed by atoms with Crippen LogP contribution >= 0.6 is 0 Å². The number of hydrogen-bond donors (Lipinski definition) is 2. The molecule has 0 heterocycles. The molecule has 0 spiro atoms. The van der Waals surface area contributed by atoms with Crippen molar-refractivity contribution in [2.75, 3.05) is 0 Å². The van der Waals surface area contributed by atoms with Crippen LogP contribution in [-0.4, -0.2) is 11.4 Å². The number of benzene rings is 1. The number of hydrogen-bond acceptors (Lipinski definition) is 2. The SMILES string of the molecule is Cc1cccc(C(C)NC(=O)C2(N)CC2)c1C. The van der Waals surface area contributed by atoms with Gasteiger partial charge in [-0.25, -0.2) is 0 Å². The molecule has 1 unspecified atom stereocenters. The first kappa shape index (κ1) is 12.1. The van der Waals surface area contributed by atoms with Gasteiger partial charge >= 0.3 is 0 Å². The Kier molecular flexibility index (Phi) is 2.96. The van der Waals surface area contributed by atoms with E-state index in [0.717, 1.165) is 12.8 Å². The quantitative estimate of drug-likeness (QED) is 0.837. The second kappa shape index (κ2) is 4.15. The number of aryl methyl sites for hydroxylation is 1. The number of rotatable bonds is 3. The minimum Gasteiger partial charge on any atom is -0.348 e. The van der Waals surface area contributed by atoms with E-state index >= 15 is 0 Å². The molecule has 1 aromatic rings. The highest BCUT2D eigenvalue weighted by molar-refractivity contribution is 5.89. The van der Waals surface area contributed by atoms with Gasteiger partial charge in [0, 0.05) is 0 Å². The average molecular weight is 232 g/mol. The van der Waals surface area contributed by atoms with Crippen LogP contribution in [0.15, 0.2) is 18.2 Å². The molecule has 3 nitrogen and oxygen atoms in total. The maximum absolute atomic E-state index is 11.9. The first-order valence-corrected chi connectivity index (χ1v) is 6.10. The van der Waals surface area contributed by atoms with Crippen molar-refractivity contribution in [3.63, 3.8) is 0 Å². The zero-order valence-corrected chi connectivity index (χ0v) is 10.7. The second-order valence-electron chi connectivity index (χ2n) is 5.14. The lowest BCUT2D eigenvalue weighted by atomic mass is 9.98. The van der Waals surface area contributed by atoms with Gasteiger partial charge in [-0.05, 0) is 50.3 Å². The number of carbonyl (C=O) groups is 1. The van der Waals surface area contributed by atoms with Gasteiger partial charge in [0.15, 0.2) is 0 Å². The van der Waals surface area contributed by atoms with Crippen LogP contribution in [0.2, 0.25) is 0 Å². The smallest absolute Gasteiger partial charge is 0.240 e. The van der Waals surface area contributed by atoms with Gasteiger partial charge in [0.1, 0.15) is 0 Å². The number of nitrogens with one attached hydrogen (secondary N) is 1. The summed E-state index contributed by atoms with van der Waals surface area (Å²) in [4.78, 5) is 11.9. The van der Waals surface area contributed by atoms with Crippen LogP contribution in [0.1, 0.15) is 42.5 Å². The van der Waals surface area contributed by atoms with Crippen LogP contribution in [0.25, 0.3) is 0 Å². The molecule has 1 fully saturated rings. The minimum atomic E-state index is -0.591. The number of nitrogens with two attached hydrogens (primary N) is 1. The Morgan fingerprint density at radius 1 is 1.41 bits per heavy atom. The Balaban J connectivity index is 2.12. The van der Waals surface area contributed by atoms with Gasteiger partial charge in [0.05, 0.1) is 11.6 Å². The van der Waals surface area contributed by atoms with Crippen LogP contribution in [0.5, 0.6) is 0 Å². The summed E-state index contributed by atoms with van der Waals surface area (Å²) in [6.07, 6.45) is 1.61. The summed E-state index contributed by atoms with van der Waals surface area (Å²) in [7, 11) is 0. The largest absolute Gasteiger partial charge is 0.348 e. The van der Waals surface area contributed by atoms with E-state index in [0.29, 0.717) is 0 Å². The summed E-state index contributed by atoms with van der Waals surface area (Å²) in [5.41, 5.74) is 8.94. The van der Waals surface area contributed by atoms with E-state index < -0.39 is 5.54 Å². The summed E-state index contributed by atoms with van der Waals surface area (Å²) in [5, 5.41) is 3.00. The van der Waals surface area contributed by atoms with Crippen LogP contribution in [-0.2, 0) is 4.79 Å². The topological polar surface area (TPSA) is 55.1 Å². The highest BCUT2D eigenvalue weighted by atomic mass is 16.2. The third kappa shape index (κ3) is 2.34. The molecule has 1 aliphatic rings. The van der Waals surface area contributed by atoms with Crippen LogP contribution in [0.3, 0.4) is 0 Å². The lowest BCUT2D eigenvalue weighted by Gasteiger charge is -2.20. The standard InChI is InChI=1S/C14H20N2O/c1-9-5-4-6-12(10(9)2)11(3)16-13(17)14(15)7-8-14/h4-6,11H,7-8,15H2,1-3H3,(H,16,17). The summed E-state index contributed by atoms with van der Waals surface area (Å²) < 4.78 is 0. The number of carbonyl (C=O) groups excluding carboxylic acids is 1. The van der Waals surface area contributed by atoms with E-state index in [1.807, 2.05) is 13.0 Å². The zero-order valence-electron chi connectivity index (χ0n) is 10.7. The van der Waals surface area contributed by atoms with Gasteiger partial charge in [-0.15, -0.1) is 0 Å². The maximum atomic E-state index is 11.9. The van der Waals surface area contributed by atoms with Crippen molar-refractivity contribution in [1.29, 1.82) is 0 Å². The third-order valence-corrected chi connectivity index (χ3v) is 3.70. The molecule has 17 heavy (non-hydrogen) atoms. The molecule has 1 aromatic carbocycles. The fraction of sp³-hybridized carbons (Fsp3) is 0.500. The lowest BCUT2D eigenvalue weighted by molar-refractivity contribution is -0.123. The van der Waals surface area contributed by atoms with Crippen molar-refractivity contribution in [1.82, 2.24) is 5.32 Å². The molecule has 3 heteroatoms. The molecule has 92 valence electrons. The Bertz CT molecular complexity index is 450. The zero-order chi connectivity index (χ0) is 12.6. The van der Waals surface area contributed by atoms with E-state index in [2.05, 4.69) is 31.3 Å². The van der Waals surface area contributed by atoms with Gasteiger partial charge in [0.2, 0.25) is 5.91 Å². The van der Waals surface area contributed by atoms with E-state index in [9.17, 15) is 4.79 Å². The van der Waals surface area contributed by atoms with Crippen molar-refractivity contribution < 1.29 is 4.79 Å². The van der Waals surface area contributed by atoms with Crippen molar-refractivity contribution >= 4 is 5.91 Å². The molecular formula is C14H20N2O. The maximum Gasteiger partial charge on any atom is 0.240 e. The van der Waals surface area contributed by atoms with Gasteiger partial charge < -0.3 is 11.1 Å². The molecule has 0 aliphatic heterocycles. The molecule has 1 amide bonds. The predicted molar refractivity (Wildman–Crippen MR) is 68.6 cm³/mol. The first-order chi connectivity index (χ1) is 7.94. The highest BCUT2D eigenvalue weighted by Gasteiger charge is 2.46. The second-order valence-corrected chi connectivity index (χ2v) is 5.14. The molecule has 0 radical (unpaired) electrons. The third-order valence-electron chi connectivity index (χ3n) is 3.70. The van der Waals surface area contributed by atoms with Crippen LogP contribution in [0.4, 0.5) is 0 Å². The summed E-state index contributed by atoms with van der Waals surface area (Å²) in [6, 6.07) is 6.18. The molecule has 0 saturated heterocycles. The molecule has 0 aromatic heterocycles.